The van der Waals surface area contributed by atoms with Crippen molar-refractivity contribution in [2.24, 2.45) is 0 Å². The van der Waals surface area contributed by atoms with Crippen molar-refractivity contribution in [2.45, 2.75) is 52.1 Å². The Morgan fingerprint density at radius 3 is 2.33 bits per heavy atom. The van der Waals surface area contributed by atoms with E-state index < -0.39 is 16.3 Å². The van der Waals surface area contributed by atoms with Gasteiger partial charge in [-0.3, -0.25) is 0 Å². The van der Waals surface area contributed by atoms with E-state index in [1.807, 2.05) is 6.92 Å². The van der Waals surface area contributed by atoms with Crippen molar-refractivity contribution in [3.63, 3.8) is 0 Å². The molecule has 0 saturated heterocycles. The van der Waals surface area contributed by atoms with E-state index >= 15 is 0 Å². The van der Waals surface area contributed by atoms with Crippen LogP contribution >= 0.6 is 0 Å². The standard InChI is InChI=1S/C16H22O4S/c1-3-5-7-12-14(4-2)20-16(17)15(21(18)19)13-10-8-6-9-11-13/h6,8-11,14H,3-5,7,12H2,1-2H3. The second-order valence-electron chi connectivity index (χ2n) is 4.86. The van der Waals surface area contributed by atoms with Crippen molar-refractivity contribution in [3.05, 3.63) is 35.9 Å². The average Bonchev–Trinajstić information content (AvgIpc) is 2.47. The molecule has 1 atom stereocenters. The number of carbonyl (C=O) groups excluding carboxylic acids is 1. The summed E-state index contributed by atoms with van der Waals surface area (Å²) >= 11 is 0. The van der Waals surface area contributed by atoms with Crippen LogP contribution in [0.5, 0.6) is 0 Å². The van der Waals surface area contributed by atoms with Crippen LogP contribution in [0.3, 0.4) is 0 Å². The fourth-order valence-corrected chi connectivity index (χ4v) is 2.56. The predicted molar refractivity (Wildman–Crippen MR) is 83.8 cm³/mol. The highest BCUT2D eigenvalue weighted by molar-refractivity contribution is 7.75. The van der Waals surface area contributed by atoms with Gasteiger partial charge in [0.15, 0.2) is 4.86 Å². The molecule has 5 heteroatoms. The SMILES string of the molecule is CCCCCC(CC)OC(=O)C(c1ccccc1)=S(=O)=O. The Bertz CT molecular complexity index is 568. The van der Waals surface area contributed by atoms with Crippen LogP contribution in [0, 0.1) is 0 Å². The van der Waals surface area contributed by atoms with Crippen LogP contribution in [0.25, 0.3) is 0 Å². The van der Waals surface area contributed by atoms with Crippen LogP contribution in [0.15, 0.2) is 30.3 Å². The maximum atomic E-state index is 12.1. The van der Waals surface area contributed by atoms with Crippen molar-refractivity contribution in [1.29, 1.82) is 0 Å². The highest BCUT2D eigenvalue weighted by Gasteiger charge is 2.21. The molecule has 0 N–H and O–H groups in total. The molecule has 0 aliphatic heterocycles. The third-order valence-corrected chi connectivity index (χ3v) is 3.98. The third kappa shape index (κ3) is 5.71. The minimum atomic E-state index is -2.62. The van der Waals surface area contributed by atoms with E-state index in [1.165, 1.54) is 0 Å². The largest absolute Gasteiger partial charge is 0.458 e. The van der Waals surface area contributed by atoms with Gasteiger partial charge in [0.05, 0.1) is 0 Å². The number of hydrogen-bond donors (Lipinski definition) is 0. The molecule has 0 heterocycles. The second kappa shape index (κ2) is 9.34. The minimum Gasteiger partial charge on any atom is -0.458 e. The predicted octanol–water partition coefficient (Wildman–Crippen LogP) is 2.99. The molecule has 0 fully saturated rings. The van der Waals surface area contributed by atoms with E-state index in [4.69, 9.17) is 4.74 Å². The summed E-state index contributed by atoms with van der Waals surface area (Å²) in [5.41, 5.74) is 0.360. The van der Waals surface area contributed by atoms with E-state index in [0.717, 1.165) is 25.7 Å². The topological polar surface area (TPSA) is 60.4 Å². The van der Waals surface area contributed by atoms with Gasteiger partial charge in [0.1, 0.15) is 6.10 Å². The van der Waals surface area contributed by atoms with E-state index in [0.29, 0.717) is 12.0 Å². The van der Waals surface area contributed by atoms with Gasteiger partial charge in [-0.2, -0.15) is 8.42 Å². The van der Waals surface area contributed by atoms with E-state index in [-0.39, 0.29) is 11.0 Å². The number of esters is 1. The van der Waals surface area contributed by atoms with Crippen LogP contribution in [-0.4, -0.2) is 25.4 Å². The van der Waals surface area contributed by atoms with Crippen LogP contribution in [0.2, 0.25) is 0 Å². The molecule has 0 spiro atoms. The normalized spacial score (nSPS) is 11.7. The Hall–Kier alpha value is -1.62. The zero-order valence-corrected chi connectivity index (χ0v) is 13.4. The smallest absolute Gasteiger partial charge is 0.354 e. The fourth-order valence-electron chi connectivity index (χ4n) is 2.04. The van der Waals surface area contributed by atoms with Gasteiger partial charge < -0.3 is 4.74 Å². The van der Waals surface area contributed by atoms with Crippen molar-refractivity contribution >= 4 is 21.1 Å². The molecule has 1 aromatic rings. The van der Waals surface area contributed by atoms with Crippen molar-refractivity contribution in [1.82, 2.24) is 0 Å². The molecule has 1 rings (SSSR count). The molecule has 116 valence electrons. The maximum Gasteiger partial charge on any atom is 0.354 e. The molecule has 21 heavy (non-hydrogen) atoms. The summed E-state index contributed by atoms with van der Waals surface area (Å²) in [6.45, 7) is 4.04. The minimum absolute atomic E-state index is 0.230. The molecule has 0 aliphatic carbocycles. The van der Waals surface area contributed by atoms with Crippen molar-refractivity contribution in [3.8, 4) is 0 Å². The highest BCUT2D eigenvalue weighted by atomic mass is 32.2. The van der Waals surface area contributed by atoms with Crippen LogP contribution in [-0.2, 0) is 19.8 Å². The Morgan fingerprint density at radius 2 is 1.81 bits per heavy atom. The zero-order chi connectivity index (χ0) is 15.7. The monoisotopic (exact) mass is 310 g/mol. The molecular weight excluding hydrogens is 288 g/mol. The quantitative estimate of drug-likeness (QED) is 0.320. The summed E-state index contributed by atoms with van der Waals surface area (Å²) in [6.07, 6.45) is 4.37. The number of unbranched alkanes of at least 4 members (excludes halogenated alkanes) is 2. The van der Waals surface area contributed by atoms with Gasteiger partial charge in [0, 0.05) is 5.56 Å². The zero-order valence-electron chi connectivity index (χ0n) is 12.5. The number of ether oxygens (including phenoxy) is 1. The highest BCUT2D eigenvalue weighted by Crippen LogP contribution is 2.12. The Kier molecular flexibility index (Phi) is 7.75. The number of benzene rings is 1. The lowest BCUT2D eigenvalue weighted by Crippen LogP contribution is -2.25. The molecule has 0 bridgehead atoms. The molecule has 0 radical (unpaired) electrons. The van der Waals surface area contributed by atoms with E-state index in [1.54, 1.807) is 30.3 Å². The van der Waals surface area contributed by atoms with Gasteiger partial charge in [-0.15, -0.1) is 0 Å². The lowest BCUT2D eigenvalue weighted by atomic mass is 10.1. The first-order chi connectivity index (χ1) is 10.1. The van der Waals surface area contributed by atoms with Gasteiger partial charge in [-0.25, -0.2) is 4.79 Å². The Balaban J connectivity index is 2.82. The molecular formula is C16H22O4S. The summed E-state index contributed by atoms with van der Waals surface area (Å²) in [5, 5.41) is 0. The summed E-state index contributed by atoms with van der Waals surface area (Å²) < 4.78 is 28.0. The summed E-state index contributed by atoms with van der Waals surface area (Å²) in [4.78, 5) is 11.8. The van der Waals surface area contributed by atoms with Crippen LogP contribution in [0.1, 0.15) is 51.5 Å². The fraction of sp³-hybridized carbons (Fsp3) is 0.500. The number of hydrogen-bond acceptors (Lipinski definition) is 4. The molecule has 1 aromatic carbocycles. The molecule has 0 aromatic heterocycles. The van der Waals surface area contributed by atoms with Gasteiger partial charge in [-0.05, 0) is 19.3 Å². The average molecular weight is 310 g/mol. The van der Waals surface area contributed by atoms with E-state index in [2.05, 4.69) is 6.92 Å². The van der Waals surface area contributed by atoms with Gasteiger partial charge >= 0.3 is 5.97 Å². The van der Waals surface area contributed by atoms with Gasteiger partial charge in [0.2, 0.25) is 10.3 Å². The summed E-state index contributed by atoms with van der Waals surface area (Å²) in [7, 11) is -2.62. The lowest BCUT2D eigenvalue weighted by Gasteiger charge is -2.16. The molecule has 4 nitrogen and oxygen atoms in total. The number of rotatable bonds is 8. The second-order valence-corrected chi connectivity index (χ2v) is 5.74. The lowest BCUT2D eigenvalue weighted by molar-refractivity contribution is -0.140. The summed E-state index contributed by atoms with van der Waals surface area (Å²) in [6, 6.07) is 8.32. The van der Waals surface area contributed by atoms with Crippen LogP contribution < -0.4 is 0 Å². The first kappa shape index (κ1) is 17.4. The Morgan fingerprint density at radius 1 is 1.14 bits per heavy atom. The number of carbonyl (C=O) groups is 1. The Labute approximate surface area is 127 Å². The summed E-state index contributed by atoms with van der Waals surface area (Å²) in [5.74, 6) is -0.766. The molecule has 0 amide bonds. The first-order valence-corrected chi connectivity index (χ1v) is 8.40. The van der Waals surface area contributed by atoms with E-state index in [9.17, 15) is 13.2 Å². The molecule has 0 aliphatic rings. The maximum absolute atomic E-state index is 12.1. The molecule has 0 saturated carbocycles. The van der Waals surface area contributed by atoms with Crippen molar-refractivity contribution < 1.29 is 17.9 Å². The molecule has 1 unspecified atom stereocenters. The van der Waals surface area contributed by atoms with Crippen LogP contribution in [0.4, 0.5) is 0 Å². The third-order valence-electron chi connectivity index (χ3n) is 3.25. The van der Waals surface area contributed by atoms with Gasteiger partial charge in [0.25, 0.3) is 0 Å². The van der Waals surface area contributed by atoms with Gasteiger partial charge in [-0.1, -0.05) is 57.0 Å². The first-order valence-electron chi connectivity index (χ1n) is 7.32. The van der Waals surface area contributed by atoms with Crippen molar-refractivity contribution in [2.75, 3.05) is 0 Å².